The number of ether oxygens (including phenoxy) is 1. The van der Waals surface area contributed by atoms with Crippen molar-refractivity contribution in [1.29, 1.82) is 0 Å². The molecule has 4 amide bonds. The highest BCUT2D eigenvalue weighted by atomic mass is 35.5. The van der Waals surface area contributed by atoms with Crippen LogP contribution in [0.15, 0.2) is 78.4 Å². The van der Waals surface area contributed by atoms with E-state index in [1.807, 2.05) is 25.1 Å². The number of benzene rings is 3. The molecule has 3 aromatic rings. The second-order valence-corrected chi connectivity index (χ2v) is 13.5. The van der Waals surface area contributed by atoms with Crippen LogP contribution in [0, 0.1) is 23.6 Å². The lowest BCUT2D eigenvalue weighted by Crippen LogP contribution is -2.60. The molecule has 8 nitrogen and oxygen atoms in total. The number of hydrogen-bond donors (Lipinski definition) is 1. The molecule has 236 valence electrons. The molecule has 0 spiro atoms. The third kappa shape index (κ3) is 4.04. The van der Waals surface area contributed by atoms with Crippen LogP contribution in [0.4, 0.5) is 15.8 Å². The second kappa shape index (κ2) is 10.7. The quantitative estimate of drug-likeness (QED) is 0.208. The predicted octanol–water partition coefficient (Wildman–Crippen LogP) is 5.87. The van der Waals surface area contributed by atoms with Gasteiger partial charge in [-0.05, 0) is 73.2 Å². The number of nitrogens with zero attached hydrogens (tertiary/aromatic N) is 2. The lowest BCUT2D eigenvalue weighted by molar-refractivity contribution is -0.125. The molecule has 2 aliphatic carbocycles. The van der Waals surface area contributed by atoms with E-state index in [1.165, 1.54) is 36.3 Å². The topological polar surface area (TPSA) is 104 Å². The molecule has 2 aliphatic heterocycles. The Bertz CT molecular complexity index is 1850. The van der Waals surface area contributed by atoms with Gasteiger partial charge in [0.15, 0.2) is 9.75 Å². The first-order valence-electron chi connectivity index (χ1n) is 15.0. The van der Waals surface area contributed by atoms with Gasteiger partial charge in [0.25, 0.3) is 11.8 Å². The Morgan fingerprint density at radius 2 is 1.54 bits per heavy atom. The standard InChI is InChI=1S/C35H29Cl2FN2O6/c1-3-18-4-8-20(9-5-18)39-30(42)25-15-14-23-26(28(25)31(39)43)17-34(36)32(44)40(21-10-6-19(38)7-11-21)33(45)35(34,37)29(23)24-13-12-22(41)16-27(24)46-2/h4-14,16,25-26,28-29,41H,3,15,17H2,1-2H3/t25-,26+,28-,29+,34+,35-/m0/s1. The number of aryl methyl sites for hydroxylation is 1. The summed E-state index contributed by atoms with van der Waals surface area (Å²) in [7, 11) is 1.39. The van der Waals surface area contributed by atoms with Gasteiger partial charge in [-0.3, -0.25) is 24.1 Å². The number of anilines is 2. The number of fused-ring (bicyclic) bond motifs is 4. The zero-order chi connectivity index (χ0) is 32.7. The van der Waals surface area contributed by atoms with Crippen molar-refractivity contribution < 1.29 is 33.4 Å². The van der Waals surface area contributed by atoms with Crippen LogP contribution >= 0.6 is 23.2 Å². The summed E-state index contributed by atoms with van der Waals surface area (Å²) in [5, 5.41) is 10.3. The molecule has 46 heavy (non-hydrogen) atoms. The summed E-state index contributed by atoms with van der Waals surface area (Å²) in [5.74, 6) is -6.27. The second-order valence-electron chi connectivity index (χ2n) is 12.2. The van der Waals surface area contributed by atoms with Crippen molar-refractivity contribution in [2.45, 2.75) is 41.9 Å². The smallest absolute Gasteiger partial charge is 0.258 e. The van der Waals surface area contributed by atoms with E-state index in [0.29, 0.717) is 16.8 Å². The summed E-state index contributed by atoms with van der Waals surface area (Å²) in [6.07, 6.45) is 2.63. The average molecular weight is 664 g/mol. The van der Waals surface area contributed by atoms with Gasteiger partial charge in [0.2, 0.25) is 11.8 Å². The van der Waals surface area contributed by atoms with Gasteiger partial charge in [0.05, 0.1) is 30.3 Å². The van der Waals surface area contributed by atoms with E-state index < -0.39 is 57.0 Å². The number of rotatable bonds is 5. The van der Waals surface area contributed by atoms with Crippen LogP contribution in [-0.4, -0.2) is 45.6 Å². The first kappa shape index (κ1) is 30.4. The highest BCUT2D eigenvalue weighted by Gasteiger charge is 2.77. The Hall–Kier alpha value is -4.21. The molecule has 11 heteroatoms. The third-order valence-corrected chi connectivity index (χ3v) is 11.4. The van der Waals surface area contributed by atoms with Crippen molar-refractivity contribution in [1.82, 2.24) is 0 Å². The Morgan fingerprint density at radius 3 is 2.20 bits per heavy atom. The number of alkyl halides is 2. The number of carbonyl (C=O) groups excluding carboxylic acids is 4. The molecule has 1 N–H and O–H groups in total. The fraction of sp³-hybridized carbons (Fsp3) is 0.314. The largest absolute Gasteiger partial charge is 0.508 e. The molecule has 2 saturated heterocycles. The van der Waals surface area contributed by atoms with Gasteiger partial charge in [-0.15, -0.1) is 23.2 Å². The molecule has 0 bridgehead atoms. The van der Waals surface area contributed by atoms with Crippen LogP contribution in [0.5, 0.6) is 11.5 Å². The maximum atomic E-state index is 14.5. The number of allylic oxidation sites excluding steroid dienone is 2. The molecule has 3 aromatic carbocycles. The summed E-state index contributed by atoms with van der Waals surface area (Å²) < 4.78 is 19.5. The molecule has 0 radical (unpaired) electrons. The van der Waals surface area contributed by atoms with Crippen LogP contribution in [0.1, 0.15) is 36.8 Å². The van der Waals surface area contributed by atoms with E-state index in [-0.39, 0.29) is 35.9 Å². The molecule has 6 atom stereocenters. The Morgan fingerprint density at radius 1 is 0.891 bits per heavy atom. The van der Waals surface area contributed by atoms with Crippen molar-refractivity contribution in [3.63, 3.8) is 0 Å². The van der Waals surface area contributed by atoms with Crippen molar-refractivity contribution in [3.8, 4) is 11.5 Å². The predicted molar refractivity (Wildman–Crippen MR) is 170 cm³/mol. The number of phenols is 1. The normalized spacial score (nSPS) is 30.2. The fourth-order valence-electron chi connectivity index (χ4n) is 7.82. The molecule has 2 heterocycles. The highest BCUT2D eigenvalue weighted by Crippen LogP contribution is 2.66. The van der Waals surface area contributed by atoms with Crippen LogP contribution in [0.25, 0.3) is 0 Å². The number of phenolic OH excluding ortho intramolecular Hbond substituents is 1. The van der Waals surface area contributed by atoms with Gasteiger partial charge >= 0.3 is 0 Å². The highest BCUT2D eigenvalue weighted by molar-refractivity contribution is 6.58. The summed E-state index contributed by atoms with van der Waals surface area (Å²) in [6.45, 7) is 2.01. The van der Waals surface area contributed by atoms with Gasteiger partial charge < -0.3 is 9.84 Å². The molecule has 1 saturated carbocycles. The van der Waals surface area contributed by atoms with Crippen LogP contribution in [0.3, 0.4) is 0 Å². The van der Waals surface area contributed by atoms with E-state index >= 15 is 0 Å². The fourth-order valence-corrected chi connectivity index (χ4v) is 8.74. The number of carbonyl (C=O) groups is 4. The Balaban J connectivity index is 1.40. The zero-order valence-corrected chi connectivity index (χ0v) is 26.4. The molecular weight excluding hydrogens is 634 g/mol. The third-order valence-electron chi connectivity index (χ3n) is 10.0. The van der Waals surface area contributed by atoms with E-state index in [1.54, 1.807) is 18.2 Å². The number of aromatic hydroxyl groups is 1. The van der Waals surface area contributed by atoms with E-state index in [2.05, 4.69) is 0 Å². The van der Waals surface area contributed by atoms with Crippen LogP contribution in [-0.2, 0) is 25.6 Å². The van der Waals surface area contributed by atoms with Gasteiger partial charge in [-0.2, -0.15) is 0 Å². The van der Waals surface area contributed by atoms with Gasteiger partial charge in [0.1, 0.15) is 17.3 Å². The van der Waals surface area contributed by atoms with Gasteiger partial charge in [-0.1, -0.05) is 36.8 Å². The van der Waals surface area contributed by atoms with Crippen molar-refractivity contribution in [2.24, 2.45) is 17.8 Å². The minimum absolute atomic E-state index is 0.0888. The summed E-state index contributed by atoms with van der Waals surface area (Å²) >= 11 is 14.8. The maximum Gasteiger partial charge on any atom is 0.258 e. The lowest BCUT2D eigenvalue weighted by atomic mass is 9.56. The minimum Gasteiger partial charge on any atom is -0.508 e. The minimum atomic E-state index is -2.11. The van der Waals surface area contributed by atoms with Gasteiger partial charge in [0, 0.05) is 17.5 Å². The Labute approximate surface area is 274 Å². The molecule has 3 fully saturated rings. The molecular formula is C35H29Cl2FN2O6. The summed E-state index contributed by atoms with van der Waals surface area (Å²) in [5.41, 5.74) is 2.56. The van der Waals surface area contributed by atoms with E-state index in [0.717, 1.165) is 29.0 Å². The monoisotopic (exact) mass is 662 g/mol. The number of amides is 4. The average Bonchev–Trinajstić information content (AvgIpc) is 3.39. The lowest BCUT2D eigenvalue weighted by Gasteiger charge is -2.50. The van der Waals surface area contributed by atoms with Crippen molar-refractivity contribution >= 4 is 58.2 Å². The van der Waals surface area contributed by atoms with Crippen LogP contribution in [0.2, 0.25) is 0 Å². The zero-order valence-electron chi connectivity index (χ0n) is 24.9. The SMILES string of the molecule is CCc1ccc(N2C(=O)[C@H]3[C@H](CC=C4[C@H]3C[C@@]3(Cl)C(=O)N(c5ccc(F)cc5)C(=O)[C@@]3(Cl)[C@H]4c3ccc(O)cc3OC)C2=O)cc1. The van der Waals surface area contributed by atoms with Crippen LogP contribution < -0.4 is 14.5 Å². The van der Waals surface area contributed by atoms with Crippen molar-refractivity contribution in [2.75, 3.05) is 16.9 Å². The molecule has 0 aromatic heterocycles. The first-order valence-corrected chi connectivity index (χ1v) is 15.8. The number of methoxy groups -OCH3 is 1. The summed E-state index contributed by atoms with van der Waals surface area (Å²) in [4.78, 5) is 54.8. The van der Waals surface area contributed by atoms with E-state index in [9.17, 15) is 28.7 Å². The number of imide groups is 2. The van der Waals surface area contributed by atoms with E-state index in [4.69, 9.17) is 27.9 Å². The molecule has 7 rings (SSSR count). The molecule has 0 unspecified atom stereocenters. The number of hydrogen-bond acceptors (Lipinski definition) is 6. The van der Waals surface area contributed by atoms with Gasteiger partial charge in [-0.25, -0.2) is 9.29 Å². The Kier molecular flexibility index (Phi) is 7.06. The number of halogens is 3. The first-order chi connectivity index (χ1) is 22.0. The van der Waals surface area contributed by atoms with Crippen molar-refractivity contribution in [3.05, 3.63) is 95.3 Å². The molecule has 4 aliphatic rings. The maximum absolute atomic E-state index is 14.5. The summed E-state index contributed by atoms with van der Waals surface area (Å²) in [6, 6.07) is 16.4.